The maximum atomic E-state index is 7.78. The number of hydrogen-bond donors (Lipinski definition) is 0. The maximum absolute atomic E-state index is 7.78. The zero-order valence-electron chi connectivity index (χ0n) is 23.7. The van der Waals surface area contributed by atoms with Gasteiger partial charge < -0.3 is 0 Å². The summed E-state index contributed by atoms with van der Waals surface area (Å²) in [5, 5.41) is -0.0985. The Kier molecular flexibility index (Phi) is 7.78. The molecule has 1 aliphatic rings. The van der Waals surface area contributed by atoms with E-state index in [1.165, 1.54) is 0 Å². The fourth-order valence-corrected chi connectivity index (χ4v) is 96.4. The van der Waals surface area contributed by atoms with Gasteiger partial charge in [-0.2, -0.15) is 0 Å². The predicted octanol–water partition coefficient (Wildman–Crippen LogP) is 9.18. The van der Waals surface area contributed by atoms with Crippen LogP contribution in [0.3, 0.4) is 0 Å². The Balaban J connectivity index is 4.28. The zero-order valence-corrected chi connectivity index (χ0v) is 30.4. The number of hydrogen-bond acceptors (Lipinski definition) is 3. The Hall–Kier alpha value is 1.69. The first kappa shape index (κ1) is 29.7. The molecule has 1 saturated heterocycles. The molecular formula is C24H54O3SiSn2. The zero-order chi connectivity index (χ0) is 24.6. The van der Waals surface area contributed by atoms with Crippen LogP contribution in [-0.2, 0) is 6.94 Å². The van der Waals surface area contributed by atoms with Crippen LogP contribution in [0.25, 0.3) is 0 Å². The van der Waals surface area contributed by atoms with Gasteiger partial charge in [0.1, 0.15) is 0 Å². The molecule has 180 valence electrons. The molecule has 0 bridgehead atoms. The van der Waals surface area contributed by atoms with Gasteiger partial charge in [0.15, 0.2) is 0 Å². The average Bonchev–Trinajstić information content (AvgIpc) is 2.39. The molecule has 0 radical (unpaired) electrons. The third-order valence-corrected chi connectivity index (χ3v) is 56.9. The summed E-state index contributed by atoms with van der Waals surface area (Å²) in [7, 11) is -2.73. The van der Waals surface area contributed by atoms with Crippen LogP contribution >= 0.6 is 0 Å². The van der Waals surface area contributed by atoms with Gasteiger partial charge in [0.25, 0.3) is 0 Å². The van der Waals surface area contributed by atoms with Gasteiger partial charge in [0.05, 0.1) is 0 Å². The molecule has 0 aromatic carbocycles. The van der Waals surface area contributed by atoms with Gasteiger partial charge >= 0.3 is 202 Å². The molecule has 0 unspecified atom stereocenters. The first-order valence-electron chi connectivity index (χ1n) is 11.7. The van der Waals surface area contributed by atoms with Crippen molar-refractivity contribution >= 4 is 47.0 Å². The Labute approximate surface area is 201 Å². The summed E-state index contributed by atoms with van der Waals surface area (Å²) < 4.78 is 23.2. The van der Waals surface area contributed by atoms with E-state index in [4.69, 9.17) is 6.94 Å². The van der Waals surface area contributed by atoms with Gasteiger partial charge in [-0.25, -0.2) is 0 Å². The fourth-order valence-electron chi connectivity index (χ4n) is 5.88. The molecular weight excluding hydrogens is 602 g/mol. The van der Waals surface area contributed by atoms with Crippen molar-refractivity contribution in [2.75, 3.05) is 0 Å². The second kappa shape index (κ2) is 7.86. The first-order chi connectivity index (χ1) is 12.6. The minimum absolute atomic E-state index is 0.00410. The standard InChI is InChI=1S/C8H18O2Si.4C4H9.O.2Sn/c1-7(2,3)11(9,10)8(4,5)6;4*1-4(2)3;;;/h1-6H3;4*1-3H3;;;/q-2;;;;;;2*+1. The van der Waals surface area contributed by atoms with Crippen molar-refractivity contribution < 1.29 is 6.94 Å². The van der Waals surface area contributed by atoms with E-state index in [0.717, 1.165) is 0 Å². The molecule has 1 heterocycles. The van der Waals surface area contributed by atoms with Crippen molar-refractivity contribution in [3.63, 3.8) is 0 Å². The van der Waals surface area contributed by atoms with Crippen LogP contribution in [0.15, 0.2) is 0 Å². The molecule has 0 amide bonds. The van der Waals surface area contributed by atoms with E-state index in [0.29, 0.717) is 0 Å². The molecule has 3 nitrogen and oxygen atoms in total. The second-order valence-corrected chi connectivity index (χ2v) is 52.4. The minimum atomic E-state index is -3.81. The van der Waals surface area contributed by atoms with Crippen LogP contribution in [0.2, 0.25) is 23.8 Å². The summed E-state index contributed by atoms with van der Waals surface area (Å²) in [5.41, 5.74) is 0. The van der Waals surface area contributed by atoms with Crippen molar-refractivity contribution in [2.24, 2.45) is 0 Å². The topological polar surface area (TPSA) is 27.7 Å². The Morgan fingerprint density at radius 1 is 0.400 bits per heavy atom. The summed E-state index contributed by atoms with van der Waals surface area (Å²) >= 11 is -7.63. The molecule has 0 aromatic heterocycles. The average molecular weight is 656 g/mol. The van der Waals surface area contributed by atoms with E-state index in [9.17, 15) is 0 Å². The summed E-state index contributed by atoms with van der Waals surface area (Å²) in [6.45, 7) is 42.7. The predicted molar refractivity (Wildman–Crippen MR) is 139 cm³/mol. The Morgan fingerprint density at radius 2 is 0.600 bits per heavy atom. The van der Waals surface area contributed by atoms with Crippen molar-refractivity contribution in [3.05, 3.63) is 0 Å². The van der Waals surface area contributed by atoms with Gasteiger partial charge in [0.2, 0.25) is 0 Å². The van der Waals surface area contributed by atoms with Crippen molar-refractivity contribution in [1.82, 2.24) is 0 Å². The molecule has 0 atom stereocenters. The second-order valence-electron chi connectivity index (χ2n) is 15.7. The van der Waals surface area contributed by atoms with Crippen molar-refractivity contribution in [3.8, 4) is 0 Å². The van der Waals surface area contributed by atoms with Crippen LogP contribution in [0, 0.1) is 0 Å². The third-order valence-electron chi connectivity index (χ3n) is 6.79. The van der Waals surface area contributed by atoms with Crippen LogP contribution in [0.4, 0.5) is 0 Å². The van der Waals surface area contributed by atoms with Crippen LogP contribution < -0.4 is 0 Å². The van der Waals surface area contributed by atoms with Gasteiger partial charge in [0, 0.05) is 0 Å². The first-order valence-corrected chi connectivity index (χ1v) is 23.9. The quantitative estimate of drug-likeness (QED) is 0.244. The molecule has 0 N–H and O–H groups in total. The van der Waals surface area contributed by atoms with Crippen LogP contribution in [0.1, 0.15) is 125 Å². The monoisotopic (exact) mass is 658 g/mol. The van der Waals surface area contributed by atoms with E-state index in [1.54, 1.807) is 0 Å². The molecule has 1 rings (SSSR count). The summed E-state index contributed by atoms with van der Waals surface area (Å²) in [5.74, 6) is 0. The third kappa shape index (κ3) is 4.50. The molecule has 30 heavy (non-hydrogen) atoms. The Morgan fingerprint density at radius 3 is 0.733 bits per heavy atom. The van der Waals surface area contributed by atoms with Gasteiger partial charge in [-0.05, 0) is 0 Å². The molecule has 0 aliphatic carbocycles. The van der Waals surface area contributed by atoms with Crippen LogP contribution in [0.5, 0.6) is 0 Å². The Bertz CT molecular complexity index is 488. The van der Waals surface area contributed by atoms with Gasteiger partial charge in [-0.15, -0.1) is 0 Å². The van der Waals surface area contributed by atoms with E-state index >= 15 is 0 Å². The van der Waals surface area contributed by atoms with Crippen molar-refractivity contribution in [2.45, 2.75) is 148 Å². The molecule has 0 aromatic rings. The van der Waals surface area contributed by atoms with Crippen LogP contribution in [-0.4, -0.2) is 47.0 Å². The molecule has 6 heteroatoms. The SMILES string of the molecule is CC(C)(C)[Si]1(C(C)(C)C)[O][Sn]([C](C)(C)C)([C](C)(C)C)[O][Sn]([C](C)(C)C)([C](C)(C)C)[O]1. The molecule has 1 aliphatic heterocycles. The summed E-state index contributed by atoms with van der Waals surface area (Å²) in [4.78, 5) is 0. The fraction of sp³-hybridized carbons (Fsp3) is 1.00. The van der Waals surface area contributed by atoms with Crippen molar-refractivity contribution in [1.29, 1.82) is 0 Å². The summed E-state index contributed by atoms with van der Waals surface area (Å²) in [6, 6.07) is 0. The molecule has 0 saturated carbocycles. The summed E-state index contributed by atoms with van der Waals surface area (Å²) in [6.07, 6.45) is 0. The van der Waals surface area contributed by atoms with E-state index in [1.807, 2.05) is 0 Å². The van der Waals surface area contributed by atoms with E-state index in [-0.39, 0.29) is 23.8 Å². The van der Waals surface area contributed by atoms with Gasteiger partial charge in [-0.3, -0.25) is 0 Å². The normalized spacial score (nSPS) is 23.4. The van der Waals surface area contributed by atoms with E-state index < -0.39 is 47.0 Å². The van der Waals surface area contributed by atoms with E-state index in [2.05, 4.69) is 125 Å². The number of rotatable bonds is 0. The molecule has 0 spiro atoms. The van der Waals surface area contributed by atoms with Gasteiger partial charge in [-0.1, -0.05) is 0 Å². The molecule has 1 fully saturated rings.